The molecule has 4 nitrogen and oxygen atoms in total. The van der Waals surface area contributed by atoms with Crippen LogP contribution in [0.15, 0.2) is 5.51 Å². The van der Waals surface area contributed by atoms with E-state index in [1.54, 1.807) is 23.8 Å². The second-order valence-corrected chi connectivity index (χ2v) is 4.14. The molecule has 0 aromatic carbocycles. The maximum absolute atomic E-state index is 10.6. The lowest BCUT2D eigenvalue weighted by Crippen LogP contribution is -2.35. The molecule has 2 unspecified atom stereocenters. The number of aliphatic carboxylic acids is 1. The lowest BCUT2D eigenvalue weighted by atomic mass is 10.2. The molecule has 2 N–H and O–H groups in total. The summed E-state index contributed by atoms with van der Waals surface area (Å²) >= 11 is 1.54. The number of nitrogens with zero attached hydrogens (tertiary/aromatic N) is 1. The highest BCUT2D eigenvalue weighted by atomic mass is 32.1. The fourth-order valence-corrected chi connectivity index (χ4v) is 2.07. The van der Waals surface area contributed by atoms with Crippen molar-refractivity contribution >= 4 is 17.3 Å². The van der Waals surface area contributed by atoms with Crippen LogP contribution in [0.2, 0.25) is 0 Å². The minimum atomic E-state index is -0.834. The van der Waals surface area contributed by atoms with E-state index in [9.17, 15) is 4.79 Å². The zero-order chi connectivity index (χ0) is 10.7. The van der Waals surface area contributed by atoms with Crippen molar-refractivity contribution in [3.8, 4) is 0 Å². The number of hydrogen-bond donors (Lipinski definition) is 2. The lowest BCUT2D eigenvalue weighted by molar-refractivity contribution is -0.139. The molecule has 0 aliphatic rings. The Morgan fingerprint density at radius 3 is 2.71 bits per heavy atom. The zero-order valence-electron chi connectivity index (χ0n) is 8.44. The number of carboxylic acids is 1. The molecule has 1 rings (SSSR count). The summed E-state index contributed by atoms with van der Waals surface area (Å²) in [6.45, 7) is 5.50. The van der Waals surface area contributed by atoms with Gasteiger partial charge in [-0.1, -0.05) is 0 Å². The first-order chi connectivity index (χ1) is 6.52. The molecule has 0 saturated heterocycles. The van der Waals surface area contributed by atoms with Gasteiger partial charge in [0.05, 0.1) is 11.2 Å². The van der Waals surface area contributed by atoms with Crippen molar-refractivity contribution in [1.82, 2.24) is 10.3 Å². The van der Waals surface area contributed by atoms with Crippen LogP contribution >= 0.6 is 11.3 Å². The summed E-state index contributed by atoms with van der Waals surface area (Å²) in [5, 5.41) is 11.7. The fourth-order valence-electron chi connectivity index (χ4n) is 1.25. The summed E-state index contributed by atoms with van der Waals surface area (Å²) in [4.78, 5) is 15.8. The summed E-state index contributed by atoms with van der Waals surface area (Å²) in [5.74, 6) is -0.834. The van der Waals surface area contributed by atoms with Gasteiger partial charge < -0.3 is 5.11 Å². The number of aryl methyl sites for hydroxylation is 1. The van der Waals surface area contributed by atoms with Gasteiger partial charge in [0.1, 0.15) is 6.04 Å². The first-order valence-electron chi connectivity index (χ1n) is 4.41. The lowest BCUT2D eigenvalue weighted by Gasteiger charge is -2.15. The number of thiazole rings is 1. The van der Waals surface area contributed by atoms with Crippen molar-refractivity contribution in [2.75, 3.05) is 0 Å². The van der Waals surface area contributed by atoms with Crippen LogP contribution in [0.25, 0.3) is 0 Å². The van der Waals surface area contributed by atoms with Crippen molar-refractivity contribution in [2.24, 2.45) is 0 Å². The van der Waals surface area contributed by atoms with Crippen LogP contribution in [0.4, 0.5) is 0 Å². The van der Waals surface area contributed by atoms with E-state index in [1.807, 2.05) is 13.8 Å². The van der Waals surface area contributed by atoms with Gasteiger partial charge >= 0.3 is 5.97 Å². The minimum absolute atomic E-state index is 0.0357. The van der Waals surface area contributed by atoms with Gasteiger partial charge in [0.15, 0.2) is 0 Å². The fraction of sp³-hybridized carbons (Fsp3) is 0.556. The summed E-state index contributed by atoms with van der Waals surface area (Å²) < 4.78 is 0. The Labute approximate surface area is 87.0 Å². The molecule has 0 radical (unpaired) electrons. The Balaban J connectivity index is 2.63. The largest absolute Gasteiger partial charge is 0.480 e. The quantitative estimate of drug-likeness (QED) is 0.798. The molecule has 78 valence electrons. The van der Waals surface area contributed by atoms with Crippen LogP contribution in [-0.4, -0.2) is 22.1 Å². The highest BCUT2D eigenvalue weighted by Crippen LogP contribution is 2.21. The van der Waals surface area contributed by atoms with E-state index in [0.717, 1.165) is 10.6 Å². The maximum atomic E-state index is 10.6. The highest BCUT2D eigenvalue weighted by Gasteiger charge is 2.17. The molecule has 0 aliphatic heterocycles. The van der Waals surface area contributed by atoms with Crippen molar-refractivity contribution in [3.05, 3.63) is 16.1 Å². The van der Waals surface area contributed by atoms with Crippen molar-refractivity contribution in [2.45, 2.75) is 32.9 Å². The van der Waals surface area contributed by atoms with E-state index in [-0.39, 0.29) is 6.04 Å². The molecule has 0 bridgehead atoms. The maximum Gasteiger partial charge on any atom is 0.320 e. The second kappa shape index (κ2) is 4.52. The van der Waals surface area contributed by atoms with Gasteiger partial charge in [-0.05, 0) is 20.8 Å². The van der Waals surface area contributed by atoms with Crippen molar-refractivity contribution in [1.29, 1.82) is 0 Å². The summed E-state index contributed by atoms with van der Waals surface area (Å²) in [7, 11) is 0. The predicted molar refractivity (Wildman–Crippen MR) is 55.5 cm³/mol. The van der Waals surface area contributed by atoms with Crippen LogP contribution in [-0.2, 0) is 4.79 Å². The molecule has 0 amide bonds. The van der Waals surface area contributed by atoms with Gasteiger partial charge in [-0.25, -0.2) is 4.98 Å². The summed E-state index contributed by atoms with van der Waals surface area (Å²) in [6.07, 6.45) is 0. The third kappa shape index (κ3) is 2.52. The van der Waals surface area contributed by atoms with Gasteiger partial charge in [0.2, 0.25) is 0 Å². The standard InChI is InChI=1S/C9H14N2O2S/c1-5-8(14-4-10-5)6(2)11-7(3)9(12)13/h4,6-7,11H,1-3H3,(H,12,13). The van der Waals surface area contributed by atoms with E-state index in [0.29, 0.717) is 0 Å². The van der Waals surface area contributed by atoms with Gasteiger partial charge in [-0.3, -0.25) is 10.1 Å². The van der Waals surface area contributed by atoms with Crippen molar-refractivity contribution < 1.29 is 9.90 Å². The van der Waals surface area contributed by atoms with E-state index in [1.165, 1.54) is 0 Å². The molecule has 0 spiro atoms. The average Bonchev–Trinajstić information content (AvgIpc) is 2.51. The van der Waals surface area contributed by atoms with E-state index in [2.05, 4.69) is 10.3 Å². The first kappa shape index (κ1) is 11.1. The van der Waals surface area contributed by atoms with E-state index < -0.39 is 12.0 Å². The average molecular weight is 214 g/mol. The van der Waals surface area contributed by atoms with Gasteiger partial charge in [0, 0.05) is 10.9 Å². The van der Waals surface area contributed by atoms with Crippen LogP contribution in [0.5, 0.6) is 0 Å². The molecule has 0 fully saturated rings. The van der Waals surface area contributed by atoms with Crippen molar-refractivity contribution in [3.63, 3.8) is 0 Å². The Morgan fingerprint density at radius 1 is 1.64 bits per heavy atom. The molecule has 0 saturated carbocycles. The number of rotatable bonds is 4. The third-order valence-corrected chi connectivity index (χ3v) is 3.16. The Hall–Kier alpha value is -0.940. The van der Waals surface area contributed by atoms with E-state index in [4.69, 9.17) is 5.11 Å². The third-order valence-electron chi connectivity index (χ3n) is 2.05. The molecule has 1 aromatic rings. The Bertz CT molecular complexity index is 324. The van der Waals surface area contributed by atoms with Crippen LogP contribution < -0.4 is 5.32 Å². The SMILES string of the molecule is Cc1ncsc1C(C)NC(C)C(=O)O. The molecule has 2 atom stereocenters. The molecule has 5 heteroatoms. The van der Waals surface area contributed by atoms with E-state index >= 15 is 0 Å². The second-order valence-electron chi connectivity index (χ2n) is 3.25. The number of aromatic nitrogens is 1. The summed E-state index contributed by atoms with van der Waals surface area (Å²) in [5.41, 5.74) is 2.74. The molecular weight excluding hydrogens is 200 g/mol. The highest BCUT2D eigenvalue weighted by molar-refractivity contribution is 7.09. The normalized spacial score (nSPS) is 15.1. The number of carboxylic acid groups (broad SMARTS) is 1. The molecule has 1 aromatic heterocycles. The Morgan fingerprint density at radius 2 is 2.29 bits per heavy atom. The van der Waals surface area contributed by atoms with Crippen LogP contribution in [0.1, 0.15) is 30.5 Å². The first-order valence-corrected chi connectivity index (χ1v) is 5.29. The van der Waals surface area contributed by atoms with Gasteiger partial charge in [-0.2, -0.15) is 0 Å². The Kier molecular flexibility index (Phi) is 3.60. The summed E-state index contributed by atoms with van der Waals surface area (Å²) in [6, 6.07) is -0.500. The molecule has 14 heavy (non-hydrogen) atoms. The molecule has 0 aliphatic carbocycles. The van der Waals surface area contributed by atoms with Gasteiger partial charge in [-0.15, -0.1) is 11.3 Å². The minimum Gasteiger partial charge on any atom is -0.480 e. The van der Waals surface area contributed by atoms with Crippen LogP contribution in [0.3, 0.4) is 0 Å². The molecule has 1 heterocycles. The predicted octanol–water partition coefficient (Wildman–Crippen LogP) is 1.58. The number of hydrogen-bond acceptors (Lipinski definition) is 4. The van der Waals surface area contributed by atoms with Gasteiger partial charge in [0.25, 0.3) is 0 Å². The zero-order valence-corrected chi connectivity index (χ0v) is 9.26. The topological polar surface area (TPSA) is 62.2 Å². The number of nitrogens with one attached hydrogen (secondary N) is 1. The van der Waals surface area contributed by atoms with Crippen LogP contribution in [0, 0.1) is 6.92 Å². The molecular formula is C9H14N2O2S. The smallest absolute Gasteiger partial charge is 0.320 e. The number of carbonyl (C=O) groups is 1. The monoisotopic (exact) mass is 214 g/mol.